The molecule has 1 aromatic heterocycles. The number of hydrogen-bond donors (Lipinski definition) is 1. The van der Waals surface area contributed by atoms with E-state index in [0.29, 0.717) is 12.6 Å². The van der Waals surface area contributed by atoms with E-state index in [1.54, 1.807) is 6.07 Å². The molecule has 100 valence electrons. The Balaban J connectivity index is 2.79. The molecule has 4 heteroatoms. The first kappa shape index (κ1) is 14.6. The maximum Gasteiger partial charge on any atom is 0.354 e. The van der Waals surface area contributed by atoms with E-state index >= 15 is 0 Å². The lowest BCUT2D eigenvalue weighted by Crippen LogP contribution is -2.39. The molecule has 0 aliphatic heterocycles. The number of carboxylic acid groups (broad SMARTS) is 1. The fourth-order valence-electron chi connectivity index (χ4n) is 1.74. The van der Waals surface area contributed by atoms with E-state index < -0.39 is 5.97 Å². The van der Waals surface area contributed by atoms with Gasteiger partial charge < -0.3 is 5.11 Å². The van der Waals surface area contributed by atoms with Gasteiger partial charge >= 0.3 is 5.97 Å². The van der Waals surface area contributed by atoms with Gasteiger partial charge in [0, 0.05) is 12.6 Å². The van der Waals surface area contributed by atoms with Crippen LogP contribution in [0.5, 0.6) is 0 Å². The van der Waals surface area contributed by atoms with Crippen LogP contribution in [-0.2, 0) is 6.54 Å². The first-order chi connectivity index (χ1) is 8.21. The largest absolute Gasteiger partial charge is 0.477 e. The van der Waals surface area contributed by atoms with Gasteiger partial charge in [-0.05, 0) is 31.5 Å². The summed E-state index contributed by atoms with van der Waals surface area (Å²) in [5, 5.41) is 8.91. The molecule has 0 amide bonds. The molecule has 0 aliphatic rings. The van der Waals surface area contributed by atoms with E-state index in [1.807, 2.05) is 13.1 Å². The molecule has 0 aromatic carbocycles. The summed E-state index contributed by atoms with van der Waals surface area (Å²) in [5.41, 5.74) is 1.07. The number of carbonyl (C=O) groups is 1. The molecule has 0 saturated carbocycles. The summed E-state index contributed by atoms with van der Waals surface area (Å²) < 4.78 is 0. The van der Waals surface area contributed by atoms with Gasteiger partial charge in [-0.15, -0.1) is 0 Å². The Kier molecular flexibility index (Phi) is 4.46. The second-order valence-electron chi connectivity index (χ2n) is 5.78. The quantitative estimate of drug-likeness (QED) is 0.892. The molecule has 1 atom stereocenters. The van der Waals surface area contributed by atoms with Crippen molar-refractivity contribution < 1.29 is 9.90 Å². The standard InChI is InChI=1S/C14H22N2O2/c1-10(14(2,3)4)16(5)9-11-7-6-8-12(15-11)13(17)18/h6-8,10H,9H2,1-5H3,(H,17,18). The zero-order chi connectivity index (χ0) is 13.9. The lowest BCUT2D eigenvalue weighted by molar-refractivity contribution is 0.0689. The van der Waals surface area contributed by atoms with Gasteiger partial charge in [0.1, 0.15) is 5.69 Å². The van der Waals surface area contributed by atoms with Crippen molar-refractivity contribution in [3.8, 4) is 0 Å². The second-order valence-corrected chi connectivity index (χ2v) is 5.78. The van der Waals surface area contributed by atoms with Crippen LogP contribution in [0.3, 0.4) is 0 Å². The maximum atomic E-state index is 10.9. The Morgan fingerprint density at radius 2 is 2.06 bits per heavy atom. The molecule has 0 saturated heterocycles. The van der Waals surface area contributed by atoms with Gasteiger partial charge in [0.2, 0.25) is 0 Å². The average Bonchev–Trinajstić information content (AvgIpc) is 2.27. The van der Waals surface area contributed by atoms with Gasteiger partial charge in [0.25, 0.3) is 0 Å². The van der Waals surface area contributed by atoms with Crippen molar-refractivity contribution in [1.82, 2.24) is 9.88 Å². The first-order valence-corrected chi connectivity index (χ1v) is 6.11. The van der Waals surface area contributed by atoms with E-state index in [4.69, 9.17) is 5.11 Å². The predicted molar refractivity (Wildman–Crippen MR) is 71.6 cm³/mol. The Labute approximate surface area is 109 Å². The highest BCUT2D eigenvalue weighted by Gasteiger charge is 2.24. The van der Waals surface area contributed by atoms with Crippen molar-refractivity contribution in [2.45, 2.75) is 40.3 Å². The molecule has 4 nitrogen and oxygen atoms in total. The monoisotopic (exact) mass is 250 g/mol. The fraction of sp³-hybridized carbons (Fsp3) is 0.571. The van der Waals surface area contributed by atoms with Gasteiger partial charge in [-0.3, -0.25) is 4.90 Å². The van der Waals surface area contributed by atoms with Crippen LogP contribution in [0.2, 0.25) is 0 Å². The topological polar surface area (TPSA) is 53.4 Å². The molecular formula is C14H22N2O2. The summed E-state index contributed by atoms with van der Waals surface area (Å²) in [6, 6.07) is 5.49. The Morgan fingerprint density at radius 1 is 1.44 bits per heavy atom. The number of carboxylic acids is 1. The number of nitrogens with zero attached hydrogens (tertiary/aromatic N) is 2. The van der Waals surface area contributed by atoms with Crippen molar-refractivity contribution >= 4 is 5.97 Å². The zero-order valence-corrected chi connectivity index (χ0v) is 11.8. The molecule has 18 heavy (non-hydrogen) atoms. The third-order valence-corrected chi connectivity index (χ3v) is 3.35. The molecular weight excluding hydrogens is 228 g/mol. The van der Waals surface area contributed by atoms with Crippen molar-refractivity contribution in [3.05, 3.63) is 29.6 Å². The molecule has 1 heterocycles. The average molecular weight is 250 g/mol. The van der Waals surface area contributed by atoms with E-state index in [2.05, 4.69) is 37.6 Å². The minimum atomic E-state index is -0.983. The molecule has 0 fully saturated rings. The van der Waals surface area contributed by atoms with Crippen LogP contribution in [-0.4, -0.2) is 34.0 Å². The molecule has 0 spiro atoms. The van der Waals surface area contributed by atoms with Gasteiger partial charge in [0.15, 0.2) is 0 Å². The van der Waals surface area contributed by atoms with E-state index in [0.717, 1.165) is 5.69 Å². The zero-order valence-electron chi connectivity index (χ0n) is 11.8. The highest BCUT2D eigenvalue weighted by molar-refractivity contribution is 5.85. The Bertz CT molecular complexity index is 424. The molecule has 0 radical (unpaired) electrons. The highest BCUT2D eigenvalue weighted by atomic mass is 16.4. The summed E-state index contributed by atoms with van der Waals surface area (Å²) in [5.74, 6) is -0.983. The third-order valence-electron chi connectivity index (χ3n) is 3.35. The lowest BCUT2D eigenvalue weighted by Gasteiger charge is -2.35. The van der Waals surface area contributed by atoms with Crippen LogP contribution in [0.4, 0.5) is 0 Å². The van der Waals surface area contributed by atoms with Crippen molar-refractivity contribution in [2.24, 2.45) is 5.41 Å². The summed E-state index contributed by atoms with van der Waals surface area (Å²) in [6.07, 6.45) is 0. The molecule has 1 N–H and O–H groups in total. The van der Waals surface area contributed by atoms with Crippen molar-refractivity contribution in [1.29, 1.82) is 0 Å². The van der Waals surface area contributed by atoms with Crippen molar-refractivity contribution in [2.75, 3.05) is 7.05 Å². The van der Waals surface area contributed by atoms with Crippen LogP contribution < -0.4 is 0 Å². The summed E-state index contributed by atoms with van der Waals surface area (Å²) >= 11 is 0. The molecule has 1 unspecified atom stereocenters. The van der Waals surface area contributed by atoms with E-state index in [1.165, 1.54) is 6.07 Å². The number of aromatic nitrogens is 1. The summed E-state index contributed by atoms with van der Waals surface area (Å²) in [6.45, 7) is 9.39. The summed E-state index contributed by atoms with van der Waals surface area (Å²) in [7, 11) is 2.03. The second kappa shape index (κ2) is 5.48. The highest BCUT2D eigenvalue weighted by Crippen LogP contribution is 2.23. The van der Waals surface area contributed by atoms with Gasteiger partial charge in [-0.2, -0.15) is 0 Å². The van der Waals surface area contributed by atoms with Gasteiger partial charge in [0.05, 0.1) is 5.69 Å². The fourth-order valence-corrected chi connectivity index (χ4v) is 1.74. The van der Waals surface area contributed by atoms with Gasteiger partial charge in [-0.1, -0.05) is 26.8 Å². The summed E-state index contributed by atoms with van der Waals surface area (Å²) in [4.78, 5) is 17.2. The van der Waals surface area contributed by atoms with Crippen LogP contribution >= 0.6 is 0 Å². The minimum Gasteiger partial charge on any atom is -0.477 e. The maximum absolute atomic E-state index is 10.9. The van der Waals surface area contributed by atoms with Crippen LogP contribution in [0.1, 0.15) is 43.9 Å². The number of aromatic carboxylic acids is 1. The number of rotatable bonds is 4. The van der Waals surface area contributed by atoms with E-state index in [9.17, 15) is 4.79 Å². The molecule has 1 aromatic rings. The SMILES string of the molecule is CC(N(C)Cc1cccc(C(=O)O)n1)C(C)(C)C. The third kappa shape index (κ3) is 3.81. The minimum absolute atomic E-state index is 0.101. The molecule has 0 bridgehead atoms. The van der Waals surface area contributed by atoms with Crippen LogP contribution in [0.15, 0.2) is 18.2 Å². The predicted octanol–water partition coefficient (Wildman–Crippen LogP) is 2.65. The Morgan fingerprint density at radius 3 is 2.56 bits per heavy atom. The van der Waals surface area contributed by atoms with Crippen molar-refractivity contribution in [3.63, 3.8) is 0 Å². The number of pyridine rings is 1. The normalized spacial score (nSPS) is 13.7. The van der Waals surface area contributed by atoms with E-state index in [-0.39, 0.29) is 11.1 Å². The first-order valence-electron chi connectivity index (χ1n) is 6.11. The van der Waals surface area contributed by atoms with Crippen LogP contribution in [0.25, 0.3) is 0 Å². The Hall–Kier alpha value is -1.42. The molecule has 1 rings (SSSR count). The number of hydrogen-bond acceptors (Lipinski definition) is 3. The lowest BCUT2D eigenvalue weighted by atomic mass is 9.87. The van der Waals surface area contributed by atoms with Gasteiger partial charge in [-0.25, -0.2) is 9.78 Å². The smallest absolute Gasteiger partial charge is 0.354 e. The molecule has 0 aliphatic carbocycles. The van der Waals surface area contributed by atoms with Crippen LogP contribution in [0, 0.1) is 5.41 Å².